The number of hydrogen-bond donors (Lipinski definition) is 0. The Balaban J connectivity index is 0.000000192. The number of pyridine rings is 2. The molecule has 0 spiro atoms. The number of benzene rings is 3. The minimum Gasteiger partial charge on any atom is -0.305 e. The van der Waals surface area contributed by atoms with E-state index in [0.717, 1.165) is 16.8 Å². The predicted molar refractivity (Wildman–Crippen MR) is 158 cm³/mol. The van der Waals surface area contributed by atoms with E-state index in [1.807, 2.05) is 53.9 Å². The van der Waals surface area contributed by atoms with Crippen molar-refractivity contribution in [3.63, 3.8) is 0 Å². The van der Waals surface area contributed by atoms with Crippen molar-refractivity contribution in [2.24, 2.45) is 0 Å². The molecule has 5 heteroatoms. The Morgan fingerprint density at radius 3 is 2.35 bits per heavy atom. The molecule has 6 aromatic rings. The van der Waals surface area contributed by atoms with Gasteiger partial charge in [-0.15, -0.1) is 59.7 Å². The average Bonchev–Trinajstić information content (AvgIpc) is 3.32. The second kappa shape index (κ2) is 11.6. The smallest absolute Gasteiger partial charge is 0.0776 e. The van der Waals surface area contributed by atoms with Crippen LogP contribution in [0.3, 0.4) is 0 Å². The zero-order valence-electron chi connectivity index (χ0n) is 23.9. The molecule has 3 heterocycles. The van der Waals surface area contributed by atoms with Gasteiger partial charge in [0.15, 0.2) is 0 Å². The standard InChI is InChI=1S/C20H18NSSi.C12H10N.Ir/c1-23(2,3)14-10-11-15-16-7-6-8-17(18-9-4-5-12-21-18)20(16)22-19(15)13-14;1-10-7-8-13-12(9-10)11-5-3-2-4-6-11;/h4-7,9-13H,1-3H3;2-5,7-9H,1H3;/q2*-1;/i;1D3;. The minimum atomic E-state index is -2.09. The van der Waals surface area contributed by atoms with E-state index in [1.54, 1.807) is 12.1 Å². The molecule has 0 saturated carbocycles. The van der Waals surface area contributed by atoms with Crippen molar-refractivity contribution in [1.29, 1.82) is 0 Å². The molecule has 0 aliphatic heterocycles. The number of fused-ring (bicyclic) bond motifs is 3. The van der Waals surface area contributed by atoms with Crippen LogP contribution in [0.5, 0.6) is 0 Å². The molecule has 1 radical (unpaired) electrons. The summed E-state index contributed by atoms with van der Waals surface area (Å²) in [6.07, 6.45) is 3.36. The Bertz CT molecular complexity index is 1730. The quantitative estimate of drug-likeness (QED) is 0.138. The van der Waals surface area contributed by atoms with Crippen LogP contribution in [0, 0.1) is 19.0 Å². The van der Waals surface area contributed by atoms with Crippen LogP contribution in [0.2, 0.25) is 19.6 Å². The minimum absolute atomic E-state index is 0. The molecule has 3 aromatic carbocycles. The van der Waals surface area contributed by atoms with Crippen LogP contribution in [0.15, 0.2) is 97.3 Å². The summed E-state index contributed by atoms with van der Waals surface area (Å²) in [4.78, 5) is 8.65. The molecule has 6 rings (SSSR count). The van der Waals surface area contributed by atoms with E-state index in [1.165, 1.54) is 37.6 Å². The number of aromatic nitrogens is 2. The van der Waals surface area contributed by atoms with Gasteiger partial charge in [0.2, 0.25) is 0 Å². The van der Waals surface area contributed by atoms with Crippen molar-refractivity contribution in [2.75, 3.05) is 0 Å². The van der Waals surface area contributed by atoms with Crippen molar-refractivity contribution in [2.45, 2.75) is 26.5 Å². The van der Waals surface area contributed by atoms with Gasteiger partial charge >= 0.3 is 0 Å². The van der Waals surface area contributed by atoms with Crippen LogP contribution in [-0.2, 0) is 20.1 Å². The zero-order valence-corrected chi connectivity index (χ0v) is 25.1. The summed E-state index contributed by atoms with van der Waals surface area (Å²) in [5.41, 5.74) is 3.84. The normalized spacial score (nSPS) is 12.6. The maximum absolute atomic E-state index is 7.33. The summed E-state index contributed by atoms with van der Waals surface area (Å²) in [7, 11) is -1.29. The summed E-state index contributed by atoms with van der Waals surface area (Å²) in [6.45, 7) is 5.10. The van der Waals surface area contributed by atoms with Crippen molar-refractivity contribution in [3.05, 3.63) is 115 Å². The first-order valence-corrected chi connectivity index (χ1v) is 16.2. The largest absolute Gasteiger partial charge is 0.305 e. The van der Waals surface area contributed by atoms with Crippen LogP contribution < -0.4 is 5.19 Å². The Labute approximate surface area is 242 Å². The molecule has 0 aliphatic carbocycles. The van der Waals surface area contributed by atoms with Crippen molar-refractivity contribution in [1.82, 2.24) is 9.97 Å². The Morgan fingerprint density at radius 1 is 0.784 bits per heavy atom. The van der Waals surface area contributed by atoms with E-state index >= 15 is 0 Å². The molecule has 0 N–H and O–H groups in total. The fourth-order valence-corrected chi connectivity index (χ4v) is 6.55. The average molecular weight is 696 g/mol. The summed E-state index contributed by atoms with van der Waals surface area (Å²) >= 11 is 1.86. The van der Waals surface area contributed by atoms with Crippen LogP contribution in [-0.4, -0.2) is 18.0 Å². The molecule has 0 unspecified atom stereocenters. The predicted octanol–water partition coefficient (Wildman–Crippen LogP) is 8.32. The van der Waals surface area contributed by atoms with Crippen molar-refractivity contribution >= 4 is 44.8 Å². The third-order valence-electron chi connectivity index (χ3n) is 5.97. The number of nitrogens with zero attached hydrogens (tertiary/aromatic N) is 2. The Morgan fingerprint density at radius 2 is 1.62 bits per heavy atom. The molecule has 0 aliphatic rings. The number of rotatable bonds is 3. The van der Waals surface area contributed by atoms with Gasteiger partial charge in [-0.2, -0.15) is 11.3 Å². The molecule has 0 atom stereocenters. The molecule has 187 valence electrons. The van der Waals surface area contributed by atoms with E-state index in [9.17, 15) is 0 Å². The molecule has 0 amide bonds. The summed E-state index contributed by atoms with van der Waals surface area (Å²) in [6, 6.07) is 34.1. The summed E-state index contributed by atoms with van der Waals surface area (Å²) in [5.74, 6) is 0. The number of aryl methyl sites for hydroxylation is 1. The maximum atomic E-state index is 7.33. The zero-order chi connectivity index (χ0) is 27.6. The van der Waals surface area contributed by atoms with Crippen LogP contribution in [0.25, 0.3) is 42.7 Å². The van der Waals surface area contributed by atoms with Gasteiger partial charge in [0.1, 0.15) is 0 Å². The SMILES string of the molecule is C[Si](C)(C)c1ccc2c(c1)sc1c(-c3ccccn3)[c-]ccc12.[2H]C([2H])([2H])c1ccnc(-c2[c-]cccc2)c1.[Ir]. The fraction of sp³-hybridized carbons (Fsp3) is 0.125. The Kier molecular flexibility index (Phi) is 7.28. The fourth-order valence-electron chi connectivity index (χ4n) is 4.04. The number of thiophene rings is 1. The van der Waals surface area contributed by atoms with E-state index in [4.69, 9.17) is 4.11 Å². The van der Waals surface area contributed by atoms with E-state index < -0.39 is 14.9 Å². The number of hydrogen-bond acceptors (Lipinski definition) is 3. The van der Waals surface area contributed by atoms with Crippen LogP contribution in [0.4, 0.5) is 0 Å². The molecule has 0 fully saturated rings. The van der Waals surface area contributed by atoms with Crippen LogP contribution in [0.1, 0.15) is 9.68 Å². The van der Waals surface area contributed by atoms with Gasteiger partial charge in [0.05, 0.1) is 8.07 Å². The molecule has 37 heavy (non-hydrogen) atoms. The van der Waals surface area contributed by atoms with Crippen LogP contribution >= 0.6 is 11.3 Å². The first-order valence-electron chi connectivity index (χ1n) is 13.3. The van der Waals surface area contributed by atoms with Gasteiger partial charge in [-0.05, 0) is 46.5 Å². The molecule has 0 bridgehead atoms. The Hall–Kier alpha value is -2.95. The molecular formula is C32H28IrN2SSi-2. The van der Waals surface area contributed by atoms with E-state index in [2.05, 4.69) is 72.1 Å². The second-order valence-corrected chi connectivity index (χ2v) is 15.7. The van der Waals surface area contributed by atoms with Crippen molar-refractivity contribution in [3.8, 4) is 22.5 Å². The molecule has 0 saturated heterocycles. The second-order valence-electron chi connectivity index (χ2n) is 9.58. The molecule has 2 nitrogen and oxygen atoms in total. The topological polar surface area (TPSA) is 25.8 Å². The monoisotopic (exact) mass is 696 g/mol. The third kappa shape index (κ3) is 6.14. The van der Waals surface area contributed by atoms with Crippen molar-refractivity contribution < 1.29 is 24.2 Å². The molecule has 3 aromatic heterocycles. The van der Waals surface area contributed by atoms with Gasteiger partial charge in [0, 0.05) is 41.3 Å². The van der Waals surface area contributed by atoms with Gasteiger partial charge in [-0.25, -0.2) is 0 Å². The summed E-state index contributed by atoms with van der Waals surface area (Å²) in [5, 5.41) is 4.17. The first-order chi connectivity index (χ1) is 18.6. The third-order valence-corrected chi connectivity index (χ3v) is 9.19. The first kappa shape index (κ1) is 23.2. The van der Waals surface area contributed by atoms with Gasteiger partial charge in [-0.3, -0.25) is 0 Å². The van der Waals surface area contributed by atoms with Gasteiger partial charge < -0.3 is 9.97 Å². The van der Waals surface area contributed by atoms with E-state index in [-0.39, 0.29) is 20.1 Å². The van der Waals surface area contributed by atoms with E-state index in [0.29, 0.717) is 11.3 Å². The maximum Gasteiger partial charge on any atom is 0.0776 e. The van der Waals surface area contributed by atoms with Gasteiger partial charge in [0.25, 0.3) is 0 Å². The summed E-state index contributed by atoms with van der Waals surface area (Å²) < 4.78 is 24.6. The van der Waals surface area contributed by atoms with Gasteiger partial charge in [-0.1, -0.05) is 66.1 Å². The molecular weight excluding hydrogens is 665 g/mol.